The molecule has 1 amide bonds. The highest BCUT2D eigenvalue weighted by Gasteiger charge is 2.34. The first-order valence-corrected chi connectivity index (χ1v) is 8.72. The number of aliphatic hydroxyl groups is 1. The molecule has 1 atom stereocenters. The Bertz CT molecular complexity index is 887. The quantitative estimate of drug-likeness (QED) is 0.585. The Hall–Kier alpha value is -3.07. The van der Waals surface area contributed by atoms with Crippen molar-refractivity contribution in [3.8, 4) is 11.1 Å². The first-order valence-electron chi connectivity index (χ1n) is 8.72. The van der Waals surface area contributed by atoms with E-state index in [1.54, 1.807) is 12.1 Å². The predicted molar refractivity (Wildman–Crippen MR) is 100 cm³/mol. The van der Waals surface area contributed by atoms with Gasteiger partial charge in [-0.2, -0.15) is 5.10 Å². The molecule has 2 N–H and O–H groups in total. The number of ether oxygens (including phenoxy) is 1. The van der Waals surface area contributed by atoms with Crippen LogP contribution in [0.2, 0.25) is 0 Å². The number of pyridine rings is 1. The smallest absolute Gasteiger partial charge is 0.414 e. The summed E-state index contributed by atoms with van der Waals surface area (Å²) in [6.45, 7) is 3.45. The van der Waals surface area contributed by atoms with E-state index in [0.29, 0.717) is 11.3 Å². The third-order valence-electron chi connectivity index (χ3n) is 4.06. The molecular weight excluding hydrogens is 370 g/mol. The van der Waals surface area contributed by atoms with Crippen molar-refractivity contribution < 1.29 is 23.4 Å². The van der Waals surface area contributed by atoms with Gasteiger partial charge in [-0.05, 0) is 32.0 Å². The summed E-state index contributed by atoms with van der Waals surface area (Å²) < 4.78 is 34.1. The summed E-state index contributed by atoms with van der Waals surface area (Å²) >= 11 is 0. The van der Waals surface area contributed by atoms with Crippen LogP contribution in [0.3, 0.4) is 0 Å². The molecule has 1 saturated heterocycles. The van der Waals surface area contributed by atoms with Crippen molar-refractivity contribution >= 4 is 18.0 Å². The summed E-state index contributed by atoms with van der Waals surface area (Å²) in [6.07, 6.45) is 1.35. The Morgan fingerprint density at radius 1 is 1.36 bits per heavy atom. The molecule has 0 saturated carbocycles. The molecule has 2 heterocycles. The minimum absolute atomic E-state index is 0.0174. The number of carbonyl (C=O) groups is 1. The van der Waals surface area contributed by atoms with Gasteiger partial charge in [0.25, 0.3) is 0 Å². The number of nitrogens with one attached hydrogen (secondary N) is 1. The van der Waals surface area contributed by atoms with Crippen LogP contribution in [0.5, 0.6) is 0 Å². The highest BCUT2D eigenvalue weighted by molar-refractivity contribution is 5.90. The zero-order valence-electron chi connectivity index (χ0n) is 15.4. The van der Waals surface area contributed by atoms with Crippen molar-refractivity contribution in [1.29, 1.82) is 0 Å². The molecule has 1 aliphatic rings. The van der Waals surface area contributed by atoms with Gasteiger partial charge in [0.15, 0.2) is 11.6 Å². The van der Waals surface area contributed by atoms with Crippen LogP contribution in [-0.2, 0) is 4.74 Å². The predicted octanol–water partition coefficient (Wildman–Crippen LogP) is 2.68. The molecule has 0 spiro atoms. The van der Waals surface area contributed by atoms with E-state index < -0.39 is 30.4 Å². The van der Waals surface area contributed by atoms with E-state index in [9.17, 15) is 13.6 Å². The number of benzene rings is 1. The van der Waals surface area contributed by atoms with Crippen molar-refractivity contribution in [1.82, 2.24) is 10.4 Å². The van der Waals surface area contributed by atoms with Crippen LogP contribution in [0.1, 0.15) is 19.5 Å². The van der Waals surface area contributed by atoms with E-state index in [0.717, 1.165) is 4.90 Å². The van der Waals surface area contributed by atoms with Crippen LogP contribution in [0, 0.1) is 11.6 Å². The third kappa shape index (κ3) is 4.09. The fraction of sp³-hybridized carbons (Fsp3) is 0.316. The fourth-order valence-electron chi connectivity index (χ4n) is 2.68. The molecule has 0 unspecified atom stereocenters. The summed E-state index contributed by atoms with van der Waals surface area (Å²) in [7, 11) is 0. The molecule has 7 nitrogen and oxygen atoms in total. The molecule has 1 aromatic carbocycles. The standard InChI is InChI=1S/C19H20F2N4O3/c1-11(2)24-23-8-13-4-3-12(7-22-13)15-5-6-16(18(21)17(15)20)25-9-14(10-26)28-19(25)27/h3-8,11,14,24,26H,9-10H2,1-2H3/b23-8+/t14-/m1/s1. The lowest BCUT2D eigenvalue weighted by molar-refractivity contribution is 0.0963. The molecule has 1 fully saturated rings. The number of hydrazone groups is 1. The number of nitrogens with zero attached hydrogens (tertiary/aromatic N) is 3. The molecule has 9 heteroatoms. The summed E-state index contributed by atoms with van der Waals surface area (Å²) in [6, 6.07) is 6.10. The van der Waals surface area contributed by atoms with Gasteiger partial charge >= 0.3 is 6.09 Å². The molecular formula is C19H20F2N4O3. The molecule has 0 bridgehead atoms. The number of aliphatic hydroxyl groups excluding tert-OH is 1. The van der Waals surface area contributed by atoms with Crippen molar-refractivity contribution in [3.63, 3.8) is 0 Å². The SMILES string of the molecule is CC(C)N/N=C/c1ccc(-c2ccc(N3C[C@H](CO)OC3=O)c(F)c2F)cn1. The number of amides is 1. The number of hydrogen-bond donors (Lipinski definition) is 2. The monoisotopic (exact) mass is 390 g/mol. The maximum Gasteiger partial charge on any atom is 0.414 e. The number of anilines is 1. The minimum Gasteiger partial charge on any atom is -0.441 e. The van der Waals surface area contributed by atoms with E-state index >= 15 is 0 Å². The summed E-state index contributed by atoms with van der Waals surface area (Å²) in [5.41, 5.74) is 3.59. The van der Waals surface area contributed by atoms with Gasteiger partial charge in [-0.25, -0.2) is 13.6 Å². The average molecular weight is 390 g/mol. The Labute approximate surface area is 160 Å². The summed E-state index contributed by atoms with van der Waals surface area (Å²) in [5, 5.41) is 13.1. The molecule has 3 rings (SSSR count). The zero-order valence-corrected chi connectivity index (χ0v) is 15.4. The number of aromatic nitrogens is 1. The summed E-state index contributed by atoms with van der Waals surface area (Å²) in [5.74, 6) is -2.26. The van der Waals surface area contributed by atoms with Gasteiger partial charge in [-0.1, -0.05) is 6.07 Å². The third-order valence-corrected chi connectivity index (χ3v) is 4.06. The number of cyclic esters (lactones) is 1. The van der Waals surface area contributed by atoms with Gasteiger partial charge in [0.05, 0.1) is 30.7 Å². The molecule has 1 aliphatic heterocycles. The van der Waals surface area contributed by atoms with E-state index in [1.807, 2.05) is 13.8 Å². The van der Waals surface area contributed by atoms with Crippen LogP contribution in [0.25, 0.3) is 11.1 Å². The van der Waals surface area contributed by atoms with Gasteiger partial charge in [0.2, 0.25) is 0 Å². The molecule has 148 valence electrons. The first kappa shape index (κ1) is 19.7. The van der Waals surface area contributed by atoms with Gasteiger partial charge in [0.1, 0.15) is 6.10 Å². The zero-order chi connectivity index (χ0) is 20.3. The van der Waals surface area contributed by atoms with E-state index in [4.69, 9.17) is 9.84 Å². The molecule has 0 radical (unpaired) electrons. The van der Waals surface area contributed by atoms with Crippen molar-refractivity contribution in [2.75, 3.05) is 18.1 Å². The van der Waals surface area contributed by atoms with E-state index in [1.165, 1.54) is 24.5 Å². The van der Waals surface area contributed by atoms with Crippen LogP contribution in [0.15, 0.2) is 35.6 Å². The Morgan fingerprint density at radius 3 is 2.75 bits per heavy atom. The van der Waals surface area contributed by atoms with E-state index in [2.05, 4.69) is 15.5 Å². The normalized spacial score (nSPS) is 16.9. The van der Waals surface area contributed by atoms with Gasteiger partial charge < -0.3 is 15.3 Å². The number of carbonyl (C=O) groups excluding carboxylic acids is 1. The average Bonchev–Trinajstić information content (AvgIpc) is 3.05. The van der Waals surface area contributed by atoms with Crippen LogP contribution >= 0.6 is 0 Å². The fourth-order valence-corrected chi connectivity index (χ4v) is 2.68. The van der Waals surface area contributed by atoms with Crippen LogP contribution < -0.4 is 10.3 Å². The van der Waals surface area contributed by atoms with Crippen molar-refractivity contribution in [2.24, 2.45) is 5.10 Å². The molecule has 0 aliphatic carbocycles. The summed E-state index contributed by atoms with van der Waals surface area (Å²) in [4.78, 5) is 16.9. The number of hydrogen-bond acceptors (Lipinski definition) is 6. The van der Waals surface area contributed by atoms with Crippen LogP contribution in [-0.4, -0.2) is 47.7 Å². The number of halogens is 2. The maximum absolute atomic E-state index is 14.6. The largest absolute Gasteiger partial charge is 0.441 e. The Balaban J connectivity index is 1.83. The second-order valence-corrected chi connectivity index (χ2v) is 6.57. The van der Waals surface area contributed by atoms with E-state index in [-0.39, 0.29) is 23.8 Å². The highest BCUT2D eigenvalue weighted by atomic mass is 19.2. The second-order valence-electron chi connectivity index (χ2n) is 6.57. The van der Waals surface area contributed by atoms with Crippen molar-refractivity contribution in [2.45, 2.75) is 26.0 Å². The molecule has 1 aromatic heterocycles. The lowest BCUT2D eigenvalue weighted by Gasteiger charge is -2.15. The topological polar surface area (TPSA) is 87.0 Å². The minimum atomic E-state index is -1.17. The van der Waals surface area contributed by atoms with Gasteiger partial charge in [-0.15, -0.1) is 0 Å². The molecule has 2 aromatic rings. The number of rotatable bonds is 6. The lowest BCUT2D eigenvalue weighted by Crippen LogP contribution is -2.26. The van der Waals surface area contributed by atoms with Gasteiger partial charge in [-0.3, -0.25) is 9.88 Å². The first-order chi connectivity index (χ1) is 13.4. The van der Waals surface area contributed by atoms with Crippen molar-refractivity contribution in [3.05, 3.63) is 47.8 Å². The maximum atomic E-state index is 14.6. The lowest BCUT2D eigenvalue weighted by atomic mass is 10.1. The Morgan fingerprint density at radius 2 is 2.14 bits per heavy atom. The van der Waals surface area contributed by atoms with Gasteiger partial charge in [0, 0.05) is 23.4 Å². The molecule has 28 heavy (non-hydrogen) atoms. The highest BCUT2D eigenvalue weighted by Crippen LogP contribution is 2.32. The second kappa shape index (κ2) is 8.30. The van der Waals surface area contributed by atoms with Crippen LogP contribution in [0.4, 0.5) is 19.3 Å². The Kier molecular flexibility index (Phi) is 5.84.